The SMILES string of the molecule is CC(C)C(=O)N(CCC(=O)O)CC1CC1. The first-order valence-corrected chi connectivity index (χ1v) is 5.51. The summed E-state index contributed by atoms with van der Waals surface area (Å²) in [7, 11) is 0. The van der Waals surface area contributed by atoms with Crippen LogP contribution in [0.25, 0.3) is 0 Å². The summed E-state index contributed by atoms with van der Waals surface area (Å²) < 4.78 is 0. The molecule has 0 atom stereocenters. The first kappa shape index (κ1) is 12.0. The van der Waals surface area contributed by atoms with Gasteiger partial charge < -0.3 is 10.0 Å². The molecular formula is C11H19NO3. The Morgan fingerprint density at radius 1 is 1.40 bits per heavy atom. The van der Waals surface area contributed by atoms with E-state index in [4.69, 9.17) is 5.11 Å². The van der Waals surface area contributed by atoms with E-state index in [1.54, 1.807) is 4.90 Å². The average Bonchev–Trinajstić information content (AvgIpc) is 2.94. The number of hydrogen-bond donors (Lipinski definition) is 1. The third kappa shape index (κ3) is 4.32. The molecule has 1 saturated carbocycles. The van der Waals surface area contributed by atoms with E-state index in [2.05, 4.69) is 0 Å². The second-order valence-electron chi connectivity index (χ2n) is 4.53. The minimum atomic E-state index is -0.840. The number of carbonyl (C=O) groups excluding carboxylic acids is 1. The Hall–Kier alpha value is -1.06. The summed E-state index contributed by atoms with van der Waals surface area (Å²) in [4.78, 5) is 23.9. The number of aliphatic carboxylic acids is 1. The fourth-order valence-corrected chi connectivity index (χ4v) is 1.50. The van der Waals surface area contributed by atoms with Gasteiger partial charge in [-0.15, -0.1) is 0 Å². The van der Waals surface area contributed by atoms with Crippen molar-refractivity contribution in [2.45, 2.75) is 33.1 Å². The van der Waals surface area contributed by atoms with Crippen molar-refractivity contribution < 1.29 is 14.7 Å². The highest BCUT2D eigenvalue weighted by Gasteiger charge is 2.27. The van der Waals surface area contributed by atoms with Gasteiger partial charge in [0.15, 0.2) is 0 Å². The Balaban J connectivity index is 2.43. The van der Waals surface area contributed by atoms with Crippen LogP contribution < -0.4 is 0 Å². The summed E-state index contributed by atoms with van der Waals surface area (Å²) in [5.41, 5.74) is 0. The van der Waals surface area contributed by atoms with Crippen molar-refractivity contribution in [2.24, 2.45) is 11.8 Å². The Labute approximate surface area is 90.3 Å². The van der Waals surface area contributed by atoms with Gasteiger partial charge in [0.2, 0.25) is 5.91 Å². The maximum absolute atomic E-state index is 11.8. The van der Waals surface area contributed by atoms with Crippen LogP contribution in [0.4, 0.5) is 0 Å². The average molecular weight is 213 g/mol. The molecule has 0 radical (unpaired) electrons. The molecule has 0 spiro atoms. The van der Waals surface area contributed by atoms with Crippen molar-refractivity contribution >= 4 is 11.9 Å². The van der Waals surface area contributed by atoms with Gasteiger partial charge in [0.25, 0.3) is 0 Å². The molecule has 1 rings (SSSR count). The van der Waals surface area contributed by atoms with E-state index in [1.807, 2.05) is 13.8 Å². The first-order chi connectivity index (χ1) is 7.00. The van der Waals surface area contributed by atoms with Crippen molar-refractivity contribution in [1.29, 1.82) is 0 Å². The first-order valence-electron chi connectivity index (χ1n) is 5.51. The van der Waals surface area contributed by atoms with Crippen LogP contribution in [0.2, 0.25) is 0 Å². The summed E-state index contributed by atoms with van der Waals surface area (Å²) >= 11 is 0. The number of hydrogen-bond acceptors (Lipinski definition) is 2. The van der Waals surface area contributed by atoms with Gasteiger partial charge in [0, 0.05) is 19.0 Å². The lowest BCUT2D eigenvalue weighted by atomic mass is 10.1. The fourth-order valence-electron chi connectivity index (χ4n) is 1.50. The van der Waals surface area contributed by atoms with Crippen LogP contribution in [0.3, 0.4) is 0 Å². The lowest BCUT2D eigenvalue weighted by molar-refractivity contribution is -0.139. The van der Waals surface area contributed by atoms with Gasteiger partial charge in [-0.05, 0) is 18.8 Å². The van der Waals surface area contributed by atoms with Crippen molar-refractivity contribution in [3.8, 4) is 0 Å². The molecule has 4 heteroatoms. The predicted octanol–water partition coefficient (Wildman–Crippen LogP) is 1.36. The highest BCUT2D eigenvalue weighted by atomic mass is 16.4. The molecule has 1 fully saturated rings. The molecule has 4 nitrogen and oxygen atoms in total. The molecular weight excluding hydrogens is 194 g/mol. The quantitative estimate of drug-likeness (QED) is 0.724. The minimum absolute atomic E-state index is 0.0439. The summed E-state index contributed by atoms with van der Waals surface area (Å²) in [5.74, 6) is -0.199. The van der Waals surface area contributed by atoms with Crippen molar-refractivity contribution in [3.63, 3.8) is 0 Å². The highest BCUT2D eigenvalue weighted by Crippen LogP contribution is 2.30. The maximum Gasteiger partial charge on any atom is 0.305 e. The molecule has 15 heavy (non-hydrogen) atoms. The molecule has 0 heterocycles. The molecule has 1 aliphatic carbocycles. The summed E-state index contributed by atoms with van der Waals surface area (Å²) in [6.45, 7) is 4.79. The molecule has 1 N–H and O–H groups in total. The second kappa shape index (κ2) is 5.14. The molecule has 0 bridgehead atoms. The van der Waals surface area contributed by atoms with Crippen LogP contribution in [0.1, 0.15) is 33.1 Å². The summed E-state index contributed by atoms with van der Waals surface area (Å²) in [5, 5.41) is 8.59. The van der Waals surface area contributed by atoms with Gasteiger partial charge in [-0.3, -0.25) is 9.59 Å². The fraction of sp³-hybridized carbons (Fsp3) is 0.818. The molecule has 1 aliphatic rings. The van der Waals surface area contributed by atoms with Crippen molar-refractivity contribution in [2.75, 3.05) is 13.1 Å². The lowest BCUT2D eigenvalue weighted by Gasteiger charge is -2.23. The van der Waals surface area contributed by atoms with Crippen LogP contribution in [0.15, 0.2) is 0 Å². The molecule has 0 aromatic carbocycles. The molecule has 0 aliphatic heterocycles. The third-order valence-corrected chi connectivity index (χ3v) is 2.58. The standard InChI is InChI=1S/C11H19NO3/c1-8(2)11(15)12(6-5-10(13)14)7-9-3-4-9/h8-9H,3-7H2,1-2H3,(H,13,14). The van der Waals surface area contributed by atoms with E-state index in [1.165, 1.54) is 12.8 Å². The number of carboxylic acids is 1. The molecule has 0 unspecified atom stereocenters. The van der Waals surface area contributed by atoms with E-state index in [-0.39, 0.29) is 18.2 Å². The zero-order valence-electron chi connectivity index (χ0n) is 9.40. The molecule has 1 amide bonds. The smallest absolute Gasteiger partial charge is 0.305 e. The third-order valence-electron chi connectivity index (χ3n) is 2.58. The number of carbonyl (C=O) groups is 2. The van der Waals surface area contributed by atoms with Gasteiger partial charge in [-0.2, -0.15) is 0 Å². The number of rotatable bonds is 6. The van der Waals surface area contributed by atoms with Gasteiger partial charge in [0.1, 0.15) is 0 Å². The second-order valence-corrected chi connectivity index (χ2v) is 4.53. The molecule has 0 saturated heterocycles. The Bertz CT molecular complexity index is 246. The maximum atomic E-state index is 11.8. The van der Waals surface area contributed by atoms with Crippen LogP contribution in [-0.2, 0) is 9.59 Å². The highest BCUT2D eigenvalue weighted by molar-refractivity contribution is 5.78. The zero-order valence-corrected chi connectivity index (χ0v) is 9.40. The van der Waals surface area contributed by atoms with Crippen LogP contribution in [0, 0.1) is 11.8 Å². The van der Waals surface area contributed by atoms with E-state index < -0.39 is 5.97 Å². The zero-order chi connectivity index (χ0) is 11.4. The van der Waals surface area contributed by atoms with Gasteiger partial charge in [-0.1, -0.05) is 13.8 Å². The molecule has 86 valence electrons. The Kier molecular flexibility index (Phi) is 4.12. The van der Waals surface area contributed by atoms with E-state index in [0.29, 0.717) is 12.5 Å². The van der Waals surface area contributed by atoms with E-state index in [9.17, 15) is 9.59 Å². The van der Waals surface area contributed by atoms with Crippen molar-refractivity contribution in [3.05, 3.63) is 0 Å². The molecule has 0 aromatic heterocycles. The summed E-state index contributed by atoms with van der Waals surface area (Å²) in [6, 6.07) is 0. The lowest BCUT2D eigenvalue weighted by Crippen LogP contribution is -2.37. The largest absolute Gasteiger partial charge is 0.481 e. The topological polar surface area (TPSA) is 57.6 Å². The minimum Gasteiger partial charge on any atom is -0.481 e. The van der Waals surface area contributed by atoms with Crippen LogP contribution in [0.5, 0.6) is 0 Å². The number of nitrogens with zero attached hydrogens (tertiary/aromatic N) is 1. The van der Waals surface area contributed by atoms with Crippen molar-refractivity contribution in [1.82, 2.24) is 4.90 Å². The Morgan fingerprint density at radius 3 is 2.40 bits per heavy atom. The number of carboxylic acid groups (broad SMARTS) is 1. The van der Waals surface area contributed by atoms with Crippen LogP contribution in [-0.4, -0.2) is 35.0 Å². The van der Waals surface area contributed by atoms with E-state index in [0.717, 1.165) is 6.54 Å². The molecule has 0 aromatic rings. The van der Waals surface area contributed by atoms with E-state index >= 15 is 0 Å². The number of amides is 1. The van der Waals surface area contributed by atoms with Crippen LogP contribution >= 0.6 is 0 Å². The monoisotopic (exact) mass is 213 g/mol. The van der Waals surface area contributed by atoms with Gasteiger partial charge >= 0.3 is 5.97 Å². The summed E-state index contributed by atoms with van der Waals surface area (Å²) in [6.07, 6.45) is 2.40. The predicted molar refractivity (Wildman–Crippen MR) is 56.4 cm³/mol. The Morgan fingerprint density at radius 2 is 2.00 bits per heavy atom. The normalized spacial score (nSPS) is 15.4. The van der Waals surface area contributed by atoms with Gasteiger partial charge in [-0.25, -0.2) is 0 Å². The van der Waals surface area contributed by atoms with Gasteiger partial charge in [0.05, 0.1) is 6.42 Å².